The number of para-hydroxylation sites is 1. The summed E-state index contributed by atoms with van der Waals surface area (Å²) in [6, 6.07) is 20.1. The van der Waals surface area contributed by atoms with Gasteiger partial charge in [0.05, 0.1) is 18.3 Å². The lowest BCUT2D eigenvalue weighted by Crippen LogP contribution is -2.46. The van der Waals surface area contributed by atoms with Gasteiger partial charge in [0.2, 0.25) is 0 Å². The molecule has 1 N–H and O–H groups in total. The van der Waals surface area contributed by atoms with Crippen molar-refractivity contribution in [2.75, 3.05) is 13.1 Å². The predicted octanol–water partition coefficient (Wildman–Crippen LogP) is 3.17. The Kier molecular flexibility index (Phi) is 5.14. The number of nitrogens with zero attached hydrogens (tertiary/aromatic N) is 3. The zero-order chi connectivity index (χ0) is 20.4. The molecule has 2 aromatic carbocycles. The monoisotopic (exact) mass is 391 g/mol. The smallest absolute Gasteiger partial charge is 0.356 e. The molecule has 4 rings (SSSR count). The lowest BCUT2D eigenvalue weighted by Gasteiger charge is -2.37. The average molecular weight is 391 g/mol. The molecule has 0 aliphatic carbocycles. The van der Waals surface area contributed by atoms with Gasteiger partial charge >= 0.3 is 5.97 Å². The first-order valence-corrected chi connectivity index (χ1v) is 9.41. The third kappa shape index (κ3) is 3.90. The number of hydrogen-bond donors (Lipinski definition) is 1. The summed E-state index contributed by atoms with van der Waals surface area (Å²) in [5.74, 6) is -1.45. The van der Waals surface area contributed by atoms with E-state index in [1.165, 1.54) is 10.7 Å². The van der Waals surface area contributed by atoms with Gasteiger partial charge in [-0.1, -0.05) is 48.5 Å². The summed E-state index contributed by atoms with van der Waals surface area (Å²) < 4.78 is 7.43. The molecule has 0 spiro atoms. The van der Waals surface area contributed by atoms with Gasteiger partial charge in [-0.05, 0) is 24.6 Å². The molecule has 7 heteroatoms. The number of benzene rings is 2. The van der Waals surface area contributed by atoms with E-state index in [4.69, 9.17) is 4.74 Å². The number of carboxylic acid groups (broad SMARTS) is 1. The highest BCUT2D eigenvalue weighted by Gasteiger charge is 2.32. The third-order valence-electron chi connectivity index (χ3n) is 4.87. The van der Waals surface area contributed by atoms with Gasteiger partial charge in [-0.3, -0.25) is 4.79 Å². The number of carboxylic acids is 1. The maximum absolute atomic E-state index is 13.4. The first-order chi connectivity index (χ1) is 14.0. The second-order valence-corrected chi connectivity index (χ2v) is 7.02. The van der Waals surface area contributed by atoms with Crippen LogP contribution in [0.3, 0.4) is 0 Å². The van der Waals surface area contributed by atoms with E-state index in [9.17, 15) is 14.7 Å². The minimum absolute atomic E-state index is 0.148. The molecule has 0 saturated carbocycles. The Labute approximate surface area is 168 Å². The summed E-state index contributed by atoms with van der Waals surface area (Å²) in [6.07, 6.45) is -0.388. The molecule has 2 heterocycles. The van der Waals surface area contributed by atoms with Crippen LogP contribution in [0.2, 0.25) is 0 Å². The fourth-order valence-corrected chi connectivity index (χ4v) is 3.54. The molecule has 1 aliphatic heterocycles. The van der Waals surface area contributed by atoms with Gasteiger partial charge in [-0.2, -0.15) is 5.10 Å². The molecule has 1 aromatic heterocycles. The molecule has 1 saturated heterocycles. The van der Waals surface area contributed by atoms with Crippen molar-refractivity contribution < 1.29 is 19.4 Å². The summed E-state index contributed by atoms with van der Waals surface area (Å²) in [4.78, 5) is 26.5. The molecular formula is C22H21N3O4. The number of rotatable bonds is 4. The van der Waals surface area contributed by atoms with Crippen LogP contribution in [0.1, 0.15) is 39.6 Å². The number of aromatic carboxylic acids is 1. The van der Waals surface area contributed by atoms with Gasteiger partial charge < -0.3 is 14.7 Å². The van der Waals surface area contributed by atoms with E-state index in [1.807, 2.05) is 55.5 Å². The molecule has 1 aliphatic rings. The lowest BCUT2D eigenvalue weighted by molar-refractivity contribution is -0.0693. The van der Waals surface area contributed by atoms with Crippen LogP contribution in [-0.4, -0.2) is 50.9 Å². The maximum atomic E-state index is 13.4. The summed E-state index contributed by atoms with van der Waals surface area (Å²) in [5.41, 5.74) is 1.68. The van der Waals surface area contributed by atoms with Gasteiger partial charge in [0.25, 0.3) is 5.91 Å². The fourth-order valence-electron chi connectivity index (χ4n) is 3.54. The first kappa shape index (κ1) is 18.9. The van der Waals surface area contributed by atoms with Crippen molar-refractivity contribution in [1.82, 2.24) is 14.7 Å². The van der Waals surface area contributed by atoms with Crippen LogP contribution in [0.25, 0.3) is 5.69 Å². The summed E-state index contributed by atoms with van der Waals surface area (Å²) >= 11 is 0. The number of amides is 1. The zero-order valence-electron chi connectivity index (χ0n) is 15.9. The maximum Gasteiger partial charge on any atom is 0.356 e. The average Bonchev–Trinajstić information content (AvgIpc) is 3.20. The van der Waals surface area contributed by atoms with Crippen LogP contribution in [0.15, 0.2) is 66.7 Å². The Hall–Kier alpha value is -3.45. The largest absolute Gasteiger partial charge is 0.476 e. The van der Waals surface area contributed by atoms with Crippen LogP contribution in [0, 0.1) is 0 Å². The minimum Gasteiger partial charge on any atom is -0.476 e. The van der Waals surface area contributed by atoms with Gasteiger partial charge in [0.15, 0.2) is 5.69 Å². The molecule has 3 aromatic rings. The Bertz CT molecular complexity index is 1020. The topological polar surface area (TPSA) is 84.7 Å². The molecule has 0 bridgehead atoms. The molecule has 1 fully saturated rings. The van der Waals surface area contributed by atoms with Gasteiger partial charge in [-0.25, -0.2) is 9.48 Å². The van der Waals surface area contributed by atoms with E-state index >= 15 is 0 Å². The number of carbonyl (C=O) groups excluding carboxylic acids is 1. The van der Waals surface area contributed by atoms with Crippen molar-refractivity contribution in [3.8, 4) is 5.69 Å². The van der Waals surface area contributed by atoms with Gasteiger partial charge in [-0.15, -0.1) is 0 Å². The summed E-state index contributed by atoms with van der Waals surface area (Å²) in [6.45, 7) is 2.73. The van der Waals surface area contributed by atoms with Crippen LogP contribution in [0.5, 0.6) is 0 Å². The summed E-state index contributed by atoms with van der Waals surface area (Å²) in [7, 11) is 0. The van der Waals surface area contributed by atoms with E-state index < -0.39 is 5.97 Å². The third-order valence-corrected chi connectivity index (χ3v) is 4.87. The highest BCUT2D eigenvalue weighted by Crippen LogP contribution is 2.26. The SMILES string of the molecule is C[C@@H]1CN(C(=O)c2cc(C(=O)O)nn2-c2ccccc2)C[C@H](c2ccccc2)O1. The molecule has 0 unspecified atom stereocenters. The highest BCUT2D eigenvalue weighted by molar-refractivity contribution is 5.96. The van der Waals surface area contributed by atoms with Crippen LogP contribution in [-0.2, 0) is 4.74 Å². The van der Waals surface area contributed by atoms with Crippen LogP contribution >= 0.6 is 0 Å². The molecule has 29 heavy (non-hydrogen) atoms. The normalized spacial score (nSPS) is 19.1. The first-order valence-electron chi connectivity index (χ1n) is 9.41. The second-order valence-electron chi connectivity index (χ2n) is 7.02. The molecule has 2 atom stereocenters. The van der Waals surface area contributed by atoms with Crippen LogP contribution < -0.4 is 0 Å². The number of morpholine rings is 1. The Morgan fingerprint density at radius 2 is 1.69 bits per heavy atom. The van der Waals surface area contributed by atoms with E-state index in [0.29, 0.717) is 18.8 Å². The fraction of sp³-hybridized carbons (Fsp3) is 0.227. The standard InChI is InChI=1S/C22H21N3O4/c1-15-13-24(14-20(29-15)16-8-4-2-5-9-16)21(26)19-12-18(22(27)28)23-25(19)17-10-6-3-7-11-17/h2-12,15,20H,13-14H2,1H3,(H,27,28)/t15-,20-/m1/s1. The van der Waals surface area contributed by atoms with Gasteiger partial charge in [0.1, 0.15) is 11.8 Å². The van der Waals surface area contributed by atoms with E-state index in [0.717, 1.165) is 5.56 Å². The highest BCUT2D eigenvalue weighted by atomic mass is 16.5. The Morgan fingerprint density at radius 3 is 2.34 bits per heavy atom. The molecule has 7 nitrogen and oxygen atoms in total. The summed E-state index contributed by atoms with van der Waals surface area (Å²) in [5, 5.41) is 13.5. The van der Waals surface area contributed by atoms with Crippen molar-refractivity contribution in [3.63, 3.8) is 0 Å². The second kappa shape index (κ2) is 7.89. The zero-order valence-corrected chi connectivity index (χ0v) is 15.9. The lowest BCUT2D eigenvalue weighted by atomic mass is 10.1. The van der Waals surface area contributed by atoms with E-state index in [-0.39, 0.29) is 29.5 Å². The quantitative estimate of drug-likeness (QED) is 0.738. The number of carbonyl (C=O) groups is 2. The van der Waals surface area contributed by atoms with Crippen molar-refractivity contribution in [2.24, 2.45) is 0 Å². The molecular weight excluding hydrogens is 370 g/mol. The van der Waals surface area contributed by atoms with Crippen molar-refractivity contribution in [1.29, 1.82) is 0 Å². The Balaban J connectivity index is 1.67. The minimum atomic E-state index is -1.17. The molecule has 1 amide bonds. The van der Waals surface area contributed by atoms with E-state index in [1.54, 1.807) is 17.0 Å². The molecule has 148 valence electrons. The predicted molar refractivity (Wildman–Crippen MR) is 106 cm³/mol. The number of aromatic nitrogens is 2. The van der Waals surface area contributed by atoms with Gasteiger partial charge in [0, 0.05) is 12.6 Å². The number of ether oxygens (including phenoxy) is 1. The van der Waals surface area contributed by atoms with E-state index in [2.05, 4.69) is 5.10 Å². The molecule has 0 radical (unpaired) electrons. The number of hydrogen-bond acceptors (Lipinski definition) is 4. The van der Waals surface area contributed by atoms with Crippen molar-refractivity contribution in [3.05, 3.63) is 83.7 Å². The van der Waals surface area contributed by atoms with Crippen molar-refractivity contribution in [2.45, 2.75) is 19.1 Å². The van der Waals surface area contributed by atoms with Crippen molar-refractivity contribution >= 4 is 11.9 Å². The van der Waals surface area contributed by atoms with Crippen LogP contribution in [0.4, 0.5) is 0 Å². The Morgan fingerprint density at radius 1 is 1.03 bits per heavy atom.